The molecule has 1 rings (SSSR count). The predicted octanol–water partition coefficient (Wildman–Crippen LogP) is 2.83. The SMILES string of the molecule is CC(C)c1nc(Br)c(Br)nc1O. The van der Waals surface area contributed by atoms with Crippen LogP contribution in [0.1, 0.15) is 25.5 Å². The zero-order valence-electron chi connectivity index (χ0n) is 6.67. The third-order valence-corrected chi connectivity index (χ3v) is 3.01. The maximum absolute atomic E-state index is 9.36. The summed E-state index contributed by atoms with van der Waals surface area (Å²) >= 11 is 6.37. The van der Waals surface area contributed by atoms with Crippen molar-refractivity contribution in [3.8, 4) is 5.88 Å². The monoisotopic (exact) mass is 294 g/mol. The van der Waals surface area contributed by atoms with Gasteiger partial charge in [0, 0.05) is 5.92 Å². The first kappa shape index (κ1) is 9.92. The van der Waals surface area contributed by atoms with Crippen molar-refractivity contribution in [1.29, 1.82) is 0 Å². The van der Waals surface area contributed by atoms with Crippen molar-refractivity contribution in [2.75, 3.05) is 0 Å². The Morgan fingerprint density at radius 2 is 1.67 bits per heavy atom. The predicted molar refractivity (Wildman–Crippen MR) is 53.2 cm³/mol. The molecule has 0 aromatic carbocycles. The molecule has 0 aliphatic heterocycles. The fraction of sp³-hybridized carbons (Fsp3) is 0.429. The van der Waals surface area contributed by atoms with Crippen molar-refractivity contribution < 1.29 is 5.11 Å². The van der Waals surface area contributed by atoms with Crippen molar-refractivity contribution in [2.45, 2.75) is 19.8 Å². The van der Waals surface area contributed by atoms with Crippen LogP contribution in [0.15, 0.2) is 9.21 Å². The molecule has 1 aromatic rings. The van der Waals surface area contributed by atoms with Gasteiger partial charge in [0.1, 0.15) is 14.9 Å². The lowest BCUT2D eigenvalue weighted by molar-refractivity contribution is 0.435. The first-order chi connectivity index (χ1) is 5.52. The summed E-state index contributed by atoms with van der Waals surface area (Å²) in [6.45, 7) is 3.90. The van der Waals surface area contributed by atoms with Crippen LogP contribution in [0.3, 0.4) is 0 Å². The van der Waals surface area contributed by atoms with E-state index in [4.69, 9.17) is 0 Å². The number of aromatic hydroxyl groups is 1. The molecule has 0 radical (unpaired) electrons. The molecule has 0 aliphatic rings. The summed E-state index contributed by atoms with van der Waals surface area (Å²) in [5.41, 5.74) is 0.602. The Labute approximate surface area is 87.5 Å². The molecule has 66 valence electrons. The minimum atomic E-state index is -0.0138. The molecular formula is C7H8Br2N2O. The molecule has 1 heterocycles. The molecule has 3 nitrogen and oxygen atoms in total. The number of aromatic nitrogens is 2. The van der Waals surface area contributed by atoms with E-state index in [0.29, 0.717) is 14.9 Å². The maximum atomic E-state index is 9.36. The molecule has 0 saturated heterocycles. The van der Waals surface area contributed by atoms with Crippen LogP contribution in [0.2, 0.25) is 0 Å². The minimum Gasteiger partial charge on any atom is -0.492 e. The van der Waals surface area contributed by atoms with Gasteiger partial charge >= 0.3 is 0 Å². The van der Waals surface area contributed by atoms with Crippen molar-refractivity contribution in [1.82, 2.24) is 9.97 Å². The molecule has 12 heavy (non-hydrogen) atoms. The highest BCUT2D eigenvalue weighted by atomic mass is 79.9. The number of hydrogen-bond acceptors (Lipinski definition) is 3. The summed E-state index contributed by atoms with van der Waals surface area (Å²) in [5, 5.41) is 9.36. The highest BCUT2D eigenvalue weighted by Crippen LogP contribution is 2.27. The Hall–Kier alpha value is -0.160. The normalized spacial score (nSPS) is 10.8. The summed E-state index contributed by atoms with van der Waals surface area (Å²) < 4.78 is 1.13. The molecule has 0 saturated carbocycles. The van der Waals surface area contributed by atoms with E-state index in [1.807, 2.05) is 13.8 Å². The van der Waals surface area contributed by atoms with Crippen LogP contribution in [0.25, 0.3) is 0 Å². The van der Waals surface area contributed by atoms with Gasteiger partial charge in [-0.15, -0.1) is 0 Å². The number of halogens is 2. The summed E-state index contributed by atoms with van der Waals surface area (Å²) in [6, 6.07) is 0. The molecule has 0 atom stereocenters. The Morgan fingerprint density at radius 1 is 1.17 bits per heavy atom. The van der Waals surface area contributed by atoms with Crippen LogP contribution in [0.4, 0.5) is 0 Å². The van der Waals surface area contributed by atoms with E-state index >= 15 is 0 Å². The molecule has 0 spiro atoms. The standard InChI is InChI=1S/C7H8Br2N2O/c1-3(2)4-7(12)11-6(9)5(8)10-4/h3H,1-2H3,(H,11,12). The topological polar surface area (TPSA) is 46.0 Å². The lowest BCUT2D eigenvalue weighted by atomic mass is 10.1. The summed E-state index contributed by atoms with van der Waals surface area (Å²) in [6.07, 6.45) is 0. The van der Waals surface area contributed by atoms with E-state index in [9.17, 15) is 5.11 Å². The van der Waals surface area contributed by atoms with Gasteiger partial charge in [0.2, 0.25) is 5.88 Å². The van der Waals surface area contributed by atoms with Gasteiger partial charge in [-0.2, -0.15) is 0 Å². The second-order valence-electron chi connectivity index (χ2n) is 2.67. The van der Waals surface area contributed by atoms with Gasteiger partial charge in [0.25, 0.3) is 0 Å². The summed E-state index contributed by atoms with van der Waals surface area (Å²) in [4.78, 5) is 7.99. The lowest BCUT2D eigenvalue weighted by Crippen LogP contribution is -1.96. The zero-order chi connectivity index (χ0) is 9.30. The maximum Gasteiger partial charge on any atom is 0.234 e. The Bertz CT molecular complexity index is 302. The van der Waals surface area contributed by atoms with Gasteiger partial charge in [-0.3, -0.25) is 0 Å². The first-order valence-corrected chi connectivity index (χ1v) is 5.03. The third-order valence-electron chi connectivity index (χ3n) is 1.37. The van der Waals surface area contributed by atoms with Crippen molar-refractivity contribution in [3.63, 3.8) is 0 Å². The average Bonchev–Trinajstić information content (AvgIpc) is 1.96. The van der Waals surface area contributed by atoms with E-state index in [0.717, 1.165) is 0 Å². The fourth-order valence-corrected chi connectivity index (χ4v) is 1.32. The minimum absolute atomic E-state index is 0.0138. The van der Waals surface area contributed by atoms with Crippen molar-refractivity contribution in [3.05, 3.63) is 14.9 Å². The molecule has 0 fully saturated rings. The Morgan fingerprint density at radius 3 is 2.17 bits per heavy atom. The molecule has 0 aliphatic carbocycles. The first-order valence-electron chi connectivity index (χ1n) is 3.44. The molecular weight excluding hydrogens is 288 g/mol. The highest BCUT2D eigenvalue weighted by Gasteiger charge is 2.12. The average molecular weight is 296 g/mol. The quantitative estimate of drug-likeness (QED) is 0.866. The van der Waals surface area contributed by atoms with Crippen molar-refractivity contribution in [2.24, 2.45) is 0 Å². The van der Waals surface area contributed by atoms with E-state index < -0.39 is 0 Å². The van der Waals surface area contributed by atoms with E-state index in [2.05, 4.69) is 41.8 Å². The van der Waals surface area contributed by atoms with E-state index in [1.165, 1.54) is 0 Å². The van der Waals surface area contributed by atoms with Crippen LogP contribution in [0.5, 0.6) is 5.88 Å². The van der Waals surface area contributed by atoms with Gasteiger partial charge in [0.15, 0.2) is 0 Å². The molecule has 5 heteroatoms. The number of hydrogen-bond donors (Lipinski definition) is 1. The van der Waals surface area contributed by atoms with Crippen molar-refractivity contribution >= 4 is 31.9 Å². The van der Waals surface area contributed by atoms with Gasteiger partial charge in [-0.05, 0) is 31.9 Å². The zero-order valence-corrected chi connectivity index (χ0v) is 9.85. The van der Waals surface area contributed by atoms with Gasteiger partial charge in [-0.1, -0.05) is 13.8 Å². The Kier molecular flexibility index (Phi) is 3.06. The molecule has 0 amide bonds. The highest BCUT2D eigenvalue weighted by molar-refractivity contribution is 9.13. The second kappa shape index (κ2) is 3.70. The number of nitrogens with zero attached hydrogens (tertiary/aromatic N) is 2. The molecule has 0 unspecified atom stereocenters. The second-order valence-corrected chi connectivity index (χ2v) is 4.17. The van der Waals surface area contributed by atoms with Crippen LogP contribution in [0, 0.1) is 0 Å². The molecule has 0 bridgehead atoms. The lowest BCUT2D eigenvalue weighted by Gasteiger charge is -2.06. The summed E-state index contributed by atoms with van der Waals surface area (Å²) in [5.74, 6) is 0.155. The van der Waals surface area contributed by atoms with Gasteiger partial charge < -0.3 is 5.11 Å². The molecule has 1 N–H and O–H groups in total. The fourth-order valence-electron chi connectivity index (χ4n) is 0.786. The Balaban J connectivity index is 3.23. The van der Waals surface area contributed by atoms with E-state index in [-0.39, 0.29) is 11.8 Å². The number of rotatable bonds is 1. The van der Waals surface area contributed by atoms with Crippen LogP contribution in [-0.4, -0.2) is 15.1 Å². The third kappa shape index (κ3) is 1.95. The molecule has 1 aromatic heterocycles. The van der Waals surface area contributed by atoms with E-state index in [1.54, 1.807) is 0 Å². The summed E-state index contributed by atoms with van der Waals surface area (Å²) in [7, 11) is 0. The van der Waals surface area contributed by atoms with Crippen LogP contribution in [-0.2, 0) is 0 Å². The van der Waals surface area contributed by atoms with Gasteiger partial charge in [-0.25, -0.2) is 9.97 Å². The largest absolute Gasteiger partial charge is 0.492 e. The van der Waals surface area contributed by atoms with Crippen LogP contribution < -0.4 is 0 Å². The smallest absolute Gasteiger partial charge is 0.234 e. The van der Waals surface area contributed by atoms with Gasteiger partial charge in [0.05, 0.1) is 0 Å². The van der Waals surface area contributed by atoms with Crippen LogP contribution >= 0.6 is 31.9 Å².